The van der Waals surface area contributed by atoms with Crippen molar-refractivity contribution in [2.45, 2.75) is 26.4 Å². The van der Waals surface area contributed by atoms with Gasteiger partial charge in [0.1, 0.15) is 17.3 Å². The van der Waals surface area contributed by atoms with Crippen molar-refractivity contribution in [3.8, 4) is 0 Å². The van der Waals surface area contributed by atoms with Gasteiger partial charge in [-0.05, 0) is 26.0 Å². The zero-order valence-corrected chi connectivity index (χ0v) is 8.86. The standard InChI is InChI=1S/C11H14N2O2/c1-8-3-4-11(15-8)9(2)13-6-10-5-12-7-14-10/h3-5,7,9,13H,6H2,1-2H3. The first-order valence-electron chi connectivity index (χ1n) is 4.93. The van der Waals surface area contributed by atoms with Crippen LogP contribution in [0.5, 0.6) is 0 Å². The fourth-order valence-electron chi connectivity index (χ4n) is 1.37. The molecule has 0 spiro atoms. The monoisotopic (exact) mass is 206 g/mol. The first-order chi connectivity index (χ1) is 7.25. The van der Waals surface area contributed by atoms with Gasteiger partial charge in [-0.3, -0.25) is 0 Å². The topological polar surface area (TPSA) is 51.2 Å². The van der Waals surface area contributed by atoms with Gasteiger partial charge in [-0.15, -0.1) is 0 Å². The van der Waals surface area contributed by atoms with E-state index in [1.165, 1.54) is 6.39 Å². The average Bonchev–Trinajstić information content (AvgIpc) is 2.84. The van der Waals surface area contributed by atoms with Gasteiger partial charge in [0.25, 0.3) is 0 Å². The summed E-state index contributed by atoms with van der Waals surface area (Å²) in [5.74, 6) is 2.69. The number of hydrogen-bond donors (Lipinski definition) is 1. The maximum atomic E-state index is 5.51. The van der Waals surface area contributed by atoms with Crippen molar-refractivity contribution in [2.24, 2.45) is 0 Å². The normalized spacial score (nSPS) is 12.9. The molecule has 0 amide bonds. The molecule has 4 heteroatoms. The van der Waals surface area contributed by atoms with E-state index in [9.17, 15) is 0 Å². The lowest BCUT2D eigenvalue weighted by atomic mass is 10.2. The SMILES string of the molecule is Cc1ccc(C(C)NCc2cnco2)o1. The Morgan fingerprint density at radius 3 is 2.93 bits per heavy atom. The van der Waals surface area contributed by atoms with Crippen LogP contribution in [0.3, 0.4) is 0 Å². The van der Waals surface area contributed by atoms with Crippen LogP contribution in [0, 0.1) is 6.92 Å². The molecule has 0 aromatic carbocycles. The van der Waals surface area contributed by atoms with E-state index in [0.29, 0.717) is 6.54 Å². The molecule has 4 nitrogen and oxygen atoms in total. The molecular weight excluding hydrogens is 192 g/mol. The predicted octanol–water partition coefficient (Wildman–Crippen LogP) is 2.43. The van der Waals surface area contributed by atoms with Crippen molar-refractivity contribution in [1.82, 2.24) is 10.3 Å². The molecule has 0 saturated heterocycles. The van der Waals surface area contributed by atoms with Crippen LogP contribution in [0.2, 0.25) is 0 Å². The highest BCUT2D eigenvalue weighted by atomic mass is 16.3. The molecule has 0 bridgehead atoms. The highest BCUT2D eigenvalue weighted by molar-refractivity contribution is 5.09. The second kappa shape index (κ2) is 4.31. The number of aryl methyl sites for hydroxylation is 1. The van der Waals surface area contributed by atoms with E-state index in [4.69, 9.17) is 8.83 Å². The molecule has 0 radical (unpaired) electrons. The molecule has 0 saturated carbocycles. The van der Waals surface area contributed by atoms with Gasteiger partial charge in [0, 0.05) is 0 Å². The van der Waals surface area contributed by atoms with Gasteiger partial charge in [-0.25, -0.2) is 4.98 Å². The number of furan rings is 1. The number of rotatable bonds is 4. The molecule has 1 unspecified atom stereocenters. The van der Waals surface area contributed by atoms with E-state index >= 15 is 0 Å². The van der Waals surface area contributed by atoms with E-state index < -0.39 is 0 Å². The molecule has 0 aliphatic heterocycles. The Labute approximate surface area is 88.3 Å². The molecule has 1 atom stereocenters. The first kappa shape index (κ1) is 9.98. The lowest BCUT2D eigenvalue weighted by Gasteiger charge is -2.09. The van der Waals surface area contributed by atoms with Crippen LogP contribution in [0.25, 0.3) is 0 Å². The van der Waals surface area contributed by atoms with Gasteiger partial charge >= 0.3 is 0 Å². The summed E-state index contributed by atoms with van der Waals surface area (Å²) in [6, 6.07) is 4.11. The van der Waals surface area contributed by atoms with E-state index in [-0.39, 0.29) is 6.04 Å². The molecule has 15 heavy (non-hydrogen) atoms. The Kier molecular flexibility index (Phi) is 2.87. The summed E-state index contributed by atoms with van der Waals surface area (Å²) in [6.45, 7) is 4.64. The van der Waals surface area contributed by atoms with Crippen LogP contribution >= 0.6 is 0 Å². The van der Waals surface area contributed by atoms with Crippen molar-refractivity contribution in [3.63, 3.8) is 0 Å². The zero-order chi connectivity index (χ0) is 10.7. The minimum Gasteiger partial charge on any atom is -0.465 e. The van der Waals surface area contributed by atoms with Crippen molar-refractivity contribution in [1.29, 1.82) is 0 Å². The Morgan fingerprint density at radius 1 is 1.47 bits per heavy atom. The smallest absolute Gasteiger partial charge is 0.180 e. The van der Waals surface area contributed by atoms with Gasteiger partial charge < -0.3 is 14.2 Å². The van der Waals surface area contributed by atoms with E-state index in [0.717, 1.165) is 17.3 Å². The number of hydrogen-bond acceptors (Lipinski definition) is 4. The summed E-state index contributed by atoms with van der Waals surface area (Å²) >= 11 is 0. The molecule has 2 aromatic rings. The Hall–Kier alpha value is -1.55. The lowest BCUT2D eigenvalue weighted by Crippen LogP contribution is -2.17. The zero-order valence-electron chi connectivity index (χ0n) is 8.86. The fourth-order valence-corrected chi connectivity index (χ4v) is 1.37. The van der Waals surface area contributed by atoms with Gasteiger partial charge in [-0.2, -0.15) is 0 Å². The average molecular weight is 206 g/mol. The van der Waals surface area contributed by atoms with Crippen LogP contribution < -0.4 is 5.32 Å². The second-order valence-corrected chi connectivity index (χ2v) is 3.52. The minimum atomic E-state index is 0.170. The van der Waals surface area contributed by atoms with E-state index in [2.05, 4.69) is 17.2 Å². The summed E-state index contributed by atoms with van der Waals surface area (Å²) in [4.78, 5) is 3.85. The number of nitrogens with one attached hydrogen (secondary N) is 1. The van der Waals surface area contributed by atoms with E-state index in [1.807, 2.05) is 19.1 Å². The minimum absolute atomic E-state index is 0.170. The van der Waals surface area contributed by atoms with Gasteiger partial charge in [0.15, 0.2) is 6.39 Å². The van der Waals surface area contributed by atoms with Crippen LogP contribution in [0.4, 0.5) is 0 Å². The molecule has 0 fully saturated rings. The predicted molar refractivity (Wildman–Crippen MR) is 55.2 cm³/mol. The Morgan fingerprint density at radius 2 is 2.33 bits per heavy atom. The summed E-state index contributed by atoms with van der Waals surface area (Å²) < 4.78 is 10.6. The number of aromatic nitrogens is 1. The quantitative estimate of drug-likeness (QED) is 0.834. The highest BCUT2D eigenvalue weighted by Crippen LogP contribution is 2.15. The molecule has 1 N–H and O–H groups in total. The maximum Gasteiger partial charge on any atom is 0.180 e. The molecule has 2 aromatic heterocycles. The van der Waals surface area contributed by atoms with Crippen molar-refractivity contribution < 1.29 is 8.83 Å². The lowest BCUT2D eigenvalue weighted by molar-refractivity contribution is 0.397. The largest absolute Gasteiger partial charge is 0.465 e. The molecular formula is C11H14N2O2. The molecule has 2 heterocycles. The first-order valence-corrected chi connectivity index (χ1v) is 4.93. The van der Waals surface area contributed by atoms with E-state index in [1.54, 1.807) is 6.20 Å². The van der Waals surface area contributed by atoms with Crippen molar-refractivity contribution in [3.05, 3.63) is 42.0 Å². The third-order valence-corrected chi connectivity index (χ3v) is 2.25. The van der Waals surface area contributed by atoms with Crippen LogP contribution in [-0.2, 0) is 6.54 Å². The van der Waals surface area contributed by atoms with Crippen LogP contribution in [0.15, 0.2) is 33.6 Å². The van der Waals surface area contributed by atoms with Crippen molar-refractivity contribution >= 4 is 0 Å². The third-order valence-electron chi connectivity index (χ3n) is 2.25. The molecule has 0 aliphatic carbocycles. The van der Waals surface area contributed by atoms with Gasteiger partial charge in [-0.1, -0.05) is 0 Å². The summed E-state index contributed by atoms with van der Waals surface area (Å²) in [5, 5.41) is 3.29. The van der Waals surface area contributed by atoms with Crippen LogP contribution in [0.1, 0.15) is 30.2 Å². The van der Waals surface area contributed by atoms with Crippen LogP contribution in [-0.4, -0.2) is 4.98 Å². The van der Waals surface area contributed by atoms with Crippen molar-refractivity contribution in [2.75, 3.05) is 0 Å². The Bertz CT molecular complexity index is 406. The number of oxazole rings is 1. The second-order valence-electron chi connectivity index (χ2n) is 3.52. The summed E-state index contributed by atoms with van der Waals surface area (Å²) in [5.41, 5.74) is 0. The summed E-state index contributed by atoms with van der Waals surface area (Å²) in [6.07, 6.45) is 3.13. The fraction of sp³-hybridized carbons (Fsp3) is 0.364. The third kappa shape index (κ3) is 2.47. The molecule has 80 valence electrons. The van der Waals surface area contributed by atoms with Gasteiger partial charge in [0.05, 0.1) is 18.8 Å². The van der Waals surface area contributed by atoms with Gasteiger partial charge in [0.2, 0.25) is 0 Å². The molecule has 2 rings (SSSR count). The highest BCUT2D eigenvalue weighted by Gasteiger charge is 2.09. The maximum absolute atomic E-state index is 5.51. The number of nitrogens with zero attached hydrogens (tertiary/aromatic N) is 1. The molecule has 0 aliphatic rings. The summed E-state index contributed by atoms with van der Waals surface area (Å²) in [7, 11) is 0. The Balaban J connectivity index is 1.90.